The molecule has 0 unspecified atom stereocenters. The zero-order valence-electron chi connectivity index (χ0n) is 15.0. The zero-order chi connectivity index (χ0) is 19.6. The van der Waals surface area contributed by atoms with Gasteiger partial charge in [-0.1, -0.05) is 17.2 Å². The van der Waals surface area contributed by atoms with Crippen LogP contribution in [-0.2, 0) is 9.84 Å². The summed E-state index contributed by atoms with van der Waals surface area (Å²) in [4.78, 5) is 14.3. The molecule has 1 aromatic heterocycles. The van der Waals surface area contributed by atoms with Crippen LogP contribution in [0.1, 0.15) is 10.4 Å². The van der Waals surface area contributed by atoms with E-state index in [4.69, 9.17) is 4.42 Å². The van der Waals surface area contributed by atoms with Crippen LogP contribution in [0.2, 0.25) is 0 Å². The predicted molar refractivity (Wildman–Crippen MR) is 102 cm³/mol. The maximum Gasteiger partial charge on any atom is 0.322 e. The highest BCUT2D eigenvalue weighted by molar-refractivity contribution is 7.90. The molecular formula is C18H18N4O4S. The summed E-state index contributed by atoms with van der Waals surface area (Å²) in [5, 5.41) is 10.1. The molecule has 0 aliphatic heterocycles. The van der Waals surface area contributed by atoms with Crippen molar-refractivity contribution in [2.45, 2.75) is 4.90 Å². The number of benzene rings is 2. The fraction of sp³-hybridized carbons (Fsp3) is 0.167. The highest BCUT2D eigenvalue weighted by Gasteiger charge is 2.19. The number of anilines is 2. The normalized spacial score (nSPS) is 11.2. The second-order valence-corrected chi connectivity index (χ2v) is 8.06. The van der Waals surface area contributed by atoms with E-state index >= 15 is 0 Å². The van der Waals surface area contributed by atoms with Crippen LogP contribution in [0.15, 0.2) is 57.8 Å². The van der Waals surface area contributed by atoms with Crippen LogP contribution in [0.5, 0.6) is 0 Å². The number of hydrogen-bond acceptors (Lipinski definition) is 7. The van der Waals surface area contributed by atoms with Gasteiger partial charge in [-0.25, -0.2) is 8.42 Å². The van der Waals surface area contributed by atoms with Gasteiger partial charge in [0.1, 0.15) is 0 Å². The lowest BCUT2D eigenvalue weighted by atomic mass is 10.2. The molecule has 0 aliphatic carbocycles. The van der Waals surface area contributed by atoms with Gasteiger partial charge in [-0.05, 0) is 36.4 Å². The van der Waals surface area contributed by atoms with Crippen molar-refractivity contribution < 1.29 is 17.6 Å². The molecule has 3 aromatic rings. The Hall–Kier alpha value is -3.20. The van der Waals surface area contributed by atoms with E-state index in [1.807, 2.05) is 31.1 Å². The first kappa shape index (κ1) is 18.6. The first-order chi connectivity index (χ1) is 12.8. The number of sulfone groups is 1. The molecule has 1 amide bonds. The molecule has 140 valence electrons. The van der Waals surface area contributed by atoms with Gasteiger partial charge in [-0.3, -0.25) is 10.1 Å². The molecule has 9 heteroatoms. The van der Waals surface area contributed by atoms with Crippen molar-refractivity contribution >= 4 is 27.4 Å². The van der Waals surface area contributed by atoms with Crippen molar-refractivity contribution in [2.75, 3.05) is 30.6 Å². The number of rotatable bonds is 5. The smallest absolute Gasteiger partial charge is 0.322 e. The quantitative estimate of drug-likeness (QED) is 0.718. The van der Waals surface area contributed by atoms with E-state index in [1.54, 1.807) is 30.3 Å². The van der Waals surface area contributed by atoms with Crippen LogP contribution in [0, 0.1) is 0 Å². The molecule has 3 rings (SSSR count). The average Bonchev–Trinajstić information content (AvgIpc) is 3.09. The first-order valence-corrected chi connectivity index (χ1v) is 9.86. The zero-order valence-corrected chi connectivity index (χ0v) is 15.8. The molecule has 2 aromatic carbocycles. The number of hydrogen-bond donors (Lipinski definition) is 1. The topological polar surface area (TPSA) is 105 Å². The van der Waals surface area contributed by atoms with E-state index in [-0.39, 0.29) is 22.4 Å². The summed E-state index contributed by atoms with van der Waals surface area (Å²) in [6, 6.07) is 13.2. The Kier molecular flexibility index (Phi) is 4.95. The van der Waals surface area contributed by atoms with Crippen LogP contribution in [-0.4, -0.2) is 44.9 Å². The number of amides is 1. The summed E-state index contributed by atoms with van der Waals surface area (Å²) < 4.78 is 29.3. The third-order valence-corrected chi connectivity index (χ3v) is 4.96. The molecular weight excluding hydrogens is 368 g/mol. The molecule has 0 bridgehead atoms. The van der Waals surface area contributed by atoms with E-state index in [0.29, 0.717) is 5.56 Å². The van der Waals surface area contributed by atoms with Crippen LogP contribution in [0.4, 0.5) is 11.7 Å². The summed E-state index contributed by atoms with van der Waals surface area (Å²) in [5.41, 5.74) is 1.67. The average molecular weight is 386 g/mol. The molecule has 0 spiro atoms. The van der Waals surface area contributed by atoms with E-state index in [1.165, 1.54) is 6.07 Å². The monoisotopic (exact) mass is 386 g/mol. The van der Waals surface area contributed by atoms with Crippen LogP contribution < -0.4 is 10.2 Å². The summed E-state index contributed by atoms with van der Waals surface area (Å²) in [5.74, 6) is -0.402. The second kappa shape index (κ2) is 7.20. The van der Waals surface area contributed by atoms with Gasteiger partial charge in [0, 0.05) is 31.6 Å². The number of nitrogens with zero attached hydrogens (tertiary/aromatic N) is 3. The molecule has 27 heavy (non-hydrogen) atoms. The summed E-state index contributed by atoms with van der Waals surface area (Å²) in [6.07, 6.45) is 1.10. The highest BCUT2D eigenvalue weighted by Crippen LogP contribution is 2.27. The van der Waals surface area contributed by atoms with Gasteiger partial charge in [0.05, 0.1) is 10.5 Å². The molecule has 0 saturated heterocycles. The third-order valence-electron chi connectivity index (χ3n) is 3.81. The molecule has 1 N–H and O–H groups in total. The minimum Gasteiger partial charge on any atom is -0.403 e. The summed E-state index contributed by atoms with van der Waals surface area (Å²) in [6.45, 7) is 0. The minimum atomic E-state index is -3.47. The fourth-order valence-corrected chi connectivity index (χ4v) is 3.31. The largest absolute Gasteiger partial charge is 0.403 e. The Bertz CT molecular complexity index is 1070. The predicted octanol–water partition coefficient (Wildman–Crippen LogP) is 2.46. The Morgan fingerprint density at radius 2 is 1.70 bits per heavy atom. The van der Waals surface area contributed by atoms with Crippen LogP contribution in [0.3, 0.4) is 0 Å². The van der Waals surface area contributed by atoms with E-state index in [9.17, 15) is 13.2 Å². The van der Waals surface area contributed by atoms with Gasteiger partial charge in [-0.15, -0.1) is 5.10 Å². The van der Waals surface area contributed by atoms with Crippen LogP contribution in [0.25, 0.3) is 11.5 Å². The molecule has 1 heterocycles. The molecule has 0 fully saturated rings. The number of nitrogens with one attached hydrogen (secondary N) is 1. The number of carbonyl (C=O) groups excluding carboxylic acids is 1. The van der Waals surface area contributed by atoms with Crippen molar-refractivity contribution in [3.05, 3.63) is 54.1 Å². The van der Waals surface area contributed by atoms with Gasteiger partial charge in [0.2, 0.25) is 0 Å². The van der Waals surface area contributed by atoms with Crippen molar-refractivity contribution in [1.82, 2.24) is 10.2 Å². The van der Waals surface area contributed by atoms with Crippen molar-refractivity contribution in [3.8, 4) is 11.5 Å². The van der Waals surface area contributed by atoms with Gasteiger partial charge < -0.3 is 9.32 Å². The first-order valence-electron chi connectivity index (χ1n) is 7.97. The minimum absolute atomic E-state index is 0.00859. The molecule has 0 aliphatic rings. The summed E-state index contributed by atoms with van der Waals surface area (Å²) in [7, 11) is 0.344. The summed E-state index contributed by atoms with van der Waals surface area (Å²) >= 11 is 0. The van der Waals surface area contributed by atoms with Crippen LogP contribution >= 0.6 is 0 Å². The molecule has 8 nitrogen and oxygen atoms in total. The van der Waals surface area contributed by atoms with E-state index in [2.05, 4.69) is 15.5 Å². The van der Waals surface area contributed by atoms with Crippen molar-refractivity contribution in [3.63, 3.8) is 0 Å². The second-order valence-electron chi connectivity index (χ2n) is 6.08. The Morgan fingerprint density at radius 1 is 1.04 bits per heavy atom. The van der Waals surface area contributed by atoms with Crippen molar-refractivity contribution in [2.24, 2.45) is 0 Å². The number of carbonyl (C=O) groups is 1. The van der Waals surface area contributed by atoms with Gasteiger partial charge in [0.15, 0.2) is 9.84 Å². The Balaban J connectivity index is 1.82. The van der Waals surface area contributed by atoms with Gasteiger partial charge in [-0.2, -0.15) is 0 Å². The van der Waals surface area contributed by atoms with Gasteiger partial charge in [0.25, 0.3) is 11.8 Å². The van der Waals surface area contributed by atoms with Gasteiger partial charge >= 0.3 is 6.01 Å². The maximum absolute atomic E-state index is 12.3. The molecule has 0 saturated carbocycles. The number of aromatic nitrogens is 2. The Morgan fingerprint density at radius 3 is 2.33 bits per heavy atom. The fourth-order valence-electron chi connectivity index (χ4n) is 2.43. The lowest BCUT2D eigenvalue weighted by Crippen LogP contribution is -2.13. The SMILES string of the molecule is CN(C)c1ccc(C(=O)Nc2nnc(-c3ccccc3S(C)(=O)=O)o2)cc1. The van der Waals surface area contributed by atoms with Crippen molar-refractivity contribution in [1.29, 1.82) is 0 Å². The molecule has 0 atom stereocenters. The lowest BCUT2D eigenvalue weighted by Gasteiger charge is -2.12. The Labute approximate surface area is 156 Å². The standard InChI is InChI=1S/C18H18N4O4S/c1-22(2)13-10-8-12(9-11-13)16(23)19-18-21-20-17(26-18)14-6-4-5-7-15(14)27(3,24)25/h4-11H,1-3H3,(H,19,21,23). The highest BCUT2D eigenvalue weighted by atomic mass is 32.2. The maximum atomic E-state index is 12.3. The molecule has 0 radical (unpaired) electrons. The lowest BCUT2D eigenvalue weighted by molar-refractivity contribution is 0.102. The third kappa shape index (κ3) is 4.14. The van der Waals surface area contributed by atoms with E-state index < -0.39 is 15.7 Å². The van der Waals surface area contributed by atoms with E-state index in [0.717, 1.165) is 11.9 Å².